The van der Waals surface area contributed by atoms with Crippen molar-refractivity contribution >= 4 is 18.3 Å². The van der Waals surface area contributed by atoms with E-state index in [4.69, 9.17) is 5.10 Å². The molecule has 2 heterocycles. The van der Waals surface area contributed by atoms with Crippen LogP contribution in [0.2, 0.25) is 0 Å². The van der Waals surface area contributed by atoms with Crippen molar-refractivity contribution in [3.05, 3.63) is 72.2 Å². The number of halogens is 2. The zero-order valence-electron chi connectivity index (χ0n) is 16.2. The zero-order valence-corrected chi connectivity index (χ0v) is 17.0. The van der Waals surface area contributed by atoms with Crippen LogP contribution in [0.1, 0.15) is 12.5 Å². The SMILES string of the molecule is C[C@@H]1CNCCN1C(=O)Cc1cn(-c2ccccc2)nc1-c1ccc(F)cc1.Cl. The molecule has 1 aliphatic rings. The fraction of sp³-hybridized carbons (Fsp3) is 0.273. The molecule has 0 aliphatic carbocycles. The summed E-state index contributed by atoms with van der Waals surface area (Å²) in [4.78, 5) is 14.9. The number of hydrogen-bond donors (Lipinski definition) is 1. The van der Waals surface area contributed by atoms with Crippen LogP contribution >= 0.6 is 12.4 Å². The van der Waals surface area contributed by atoms with Gasteiger partial charge in [-0.1, -0.05) is 18.2 Å². The fourth-order valence-corrected chi connectivity index (χ4v) is 3.58. The first-order valence-electron chi connectivity index (χ1n) is 9.52. The minimum Gasteiger partial charge on any atom is -0.337 e. The molecule has 152 valence electrons. The molecule has 3 aromatic rings. The number of carbonyl (C=O) groups excluding carboxylic acids is 1. The van der Waals surface area contributed by atoms with E-state index in [1.807, 2.05) is 41.4 Å². The van der Waals surface area contributed by atoms with Crippen LogP contribution in [0, 0.1) is 5.82 Å². The molecule has 0 radical (unpaired) electrons. The van der Waals surface area contributed by atoms with E-state index in [1.54, 1.807) is 16.8 Å². The number of rotatable bonds is 4. The Labute approximate surface area is 175 Å². The van der Waals surface area contributed by atoms with Crippen molar-refractivity contribution in [2.24, 2.45) is 0 Å². The topological polar surface area (TPSA) is 50.2 Å². The Morgan fingerprint density at radius 2 is 1.90 bits per heavy atom. The van der Waals surface area contributed by atoms with Gasteiger partial charge in [0.1, 0.15) is 5.82 Å². The molecule has 1 fully saturated rings. The van der Waals surface area contributed by atoms with Crippen LogP contribution in [-0.2, 0) is 11.2 Å². The largest absolute Gasteiger partial charge is 0.337 e. The molecule has 1 aromatic heterocycles. The van der Waals surface area contributed by atoms with Gasteiger partial charge < -0.3 is 10.2 Å². The average Bonchev–Trinajstić information content (AvgIpc) is 3.13. The number of nitrogens with zero attached hydrogens (tertiary/aromatic N) is 3. The molecule has 1 aliphatic heterocycles. The monoisotopic (exact) mass is 414 g/mol. The molecule has 1 N–H and O–H groups in total. The molecule has 2 aromatic carbocycles. The number of piperazine rings is 1. The van der Waals surface area contributed by atoms with Crippen LogP contribution < -0.4 is 5.32 Å². The molecule has 1 amide bonds. The highest BCUT2D eigenvalue weighted by atomic mass is 35.5. The number of amides is 1. The first kappa shape index (κ1) is 21.0. The van der Waals surface area contributed by atoms with Crippen molar-refractivity contribution in [1.82, 2.24) is 20.0 Å². The van der Waals surface area contributed by atoms with E-state index in [-0.39, 0.29) is 36.6 Å². The van der Waals surface area contributed by atoms with Gasteiger partial charge in [0.2, 0.25) is 5.91 Å². The van der Waals surface area contributed by atoms with E-state index < -0.39 is 0 Å². The van der Waals surface area contributed by atoms with E-state index in [1.165, 1.54) is 12.1 Å². The first-order valence-corrected chi connectivity index (χ1v) is 9.52. The van der Waals surface area contributed by atoms with Crippen LogP contribution in [0.25, 0.3) is 16.9 Å². The second-order valence-corrected chi connectivity index (χ2v) is 7.11. The molecule has 1 atom stereocenters. The number of carbonyl (C=O) groups is 1. The number of aromatic nitrogens is 2. The third kappa shape index (κ3) is 4.66. The van der Waals surface area contributed by atoms with Crippen molar-refractivity contribution in [2.45, 2.75) is 19.4 Å². The highest BCUT2D eigenvalue weighted by Gasteiger charge is 2.25. The smallest absolute Gasteiger partial charge is 0.227 e. The summed E-state index contributed by atoms with van der Waals surface area (Å²) in [6.45, 7) is 4.38. The molecule has 29 heavy (non-hydrogen) atoms. The standard InChI is InChI=1S/C22H23FN4O.ClH/c1-16-14-24-11-12-26(16)21(28)13-18-15-27(20-5-3-2-4-6-20)25-22(18)17-7-9-19(23)10-8-17;/h2-10,15-16,24H,11-14H2,1H3;1H/t16-;/m1./s1. The highest BCUT2D eigenvalue weighted by molar-refractivity contribution is 5.85. The van der Waals surface area contributed by atoms with Gasteiger partial charge in [0, 0.05) is 43.0 Å². The fourth-order valence-electron chi connectivity index (χ4n) is 3.58. The summed E-state index contributed by atoms with van der Waals surface area (Å²) in [5.41, 5.74) is 3.26. The van der Waals surface area contributed by atoms with Gasteiger partial charge in [-0.25, -0.2) is 9.07 Å². The lowest BCUT2D eigenvalue weighted by molar-refractivity contribution is -0.133. The molecule has 0 spiro atoms. The lowest BCUT2D eigenvalue weighted by Gasteiger charge is -2.34. The second-order valence-electron chi connectivity index (χ2n) is 7.11. The van der Waals surface area contributed by atoms with Crippen LogP contribution in [0.5, 0.6) is 0 Å². The molecule has 5 nitrogen and oxygen atoms in total. The lowest BCUT2D eigenvalue weighted by Crippen LogP contribution is -2.52. The molecule has 7 heteroatoms. The number of para-hydroxylation sites is 1. The Hall–Kier alpha value is -2.70. The second kappa shape index (κ2) is 9.20. The minimum absolute atomic E-state index is 0. The first-order chi connectivity index (χ1) is 13.6. The number of nitrogens with one attached hydrogen (secondary N) is 1. The Bertz CT molecular complexity index is 959. The van der Waals surface area contributed by atoms with Gasteiger partial charge in [0.25, 0.3) is 0 Å². The van der Waals surface area contributed by atoms with Gasteiger partial charge >= 0.3 is 0 Å². The van der Waals surface area contributed by atoms with Crippen molar-refractivity contribution in [2.75, 3.05) is 19.6 Å². The van der Waals surface area contributed by atoms with Gasteiger partial charge in [-0.2, -0.15) is 5.10 Å². The Kier molecular flexibility index (Phi) is 6.67. The molecule has 4 rings (SSSR count). The normalized spacial score (nSPS) is 16.3. The summed E-state index contributed by atoms with van der Waals surface area (Å²) in [5, 5.41) is 8.01. The number of hydrogen-bond acceptors (Lipinski definition) is 3. The maximum Gasteiger partial charge on any atom is 0.227 e. The molecule has 0 saturated carbocycles. The van der Waals surface area contributed by atoms with Crippen molar-refractivity contribution in [3.8, 4) is 16.9 Å². The summed E-state index contributed by atoms with van der Waals surface area (Å²) >= 11 is 0. The van der Waals surface area contributed by atoms with E-state index in [0.29, 0.717) is 12.2 Å². The van der Waals surface area contributed by atoms with Crippen molar-refractivity contribution in [3.63, 3.8) is 0 Å². The molecule has 0 bridgehead atoms. The van der Waals surface area contributed by atoms with Gasteiger partial charge in [0.05, 0.1) is 17.8 Å². The van der Waals surface area contributed by atoms with E-state index in [9.17, 15) is 9.18 Å². The third-order valence-electron chi connectivity index (χ3n) is 5.09. The highest BCUT2D eigenvalue weighted by Crippen LogP contribution is 2.25. The predicted octanol–water partition coefficient (Wildman–Crippen LogP) is 3.46. The maximum absolute atomic E-state index is 13.4. The summed E-state index contributed by atoms with van der Waals surface area (Å²) in [6, 6.07) is 16.2. The van der Waals surface area contributed by atoms with Crippen LogP contribution in [0.3, 0.4) is 0 Å². The van der Waals surface area contributed by atoms with Gasteiger partial charge in [-0.05, 0) is 43.3 Å². The van der Waals surface area contributed by atoms with Gasteiger partial charge in [0.15, 0.2) is 0 Å². The van der Waals surface area contributed by atoms with E-state index >= 15 is 0 Å². The Morgan fingerprint density at radius 3 is 2.59 bits per heavy atom. The summed E-state index contributed by atoms with van der Waals surface area (Å²) in [5.74, 6) is -0.205. The van der Waals surface area contributed by atoms with Gasteiger partial charge in [-0.3, -0.25) is 4.79 Å². The molecule has 0 unspecified atom stereocenters. The van der Waals surface area contributed by atoms with Crippen LogP contribution in [-0.4, -0.2) is 46.3 Å². The summed E-state index contributed by atoms with van der Waals surface area (Å²) < 4.78 is 15.2. The summed E-state index contributed by atoms with van der Waals surface area (Å²) in [6.07, 6.45) is 2.17. The third-order valence-corrected chi connectivity index (χ3v) is 5.09. The average molecular weight is 415 g/mol. The Morgan fingerprint density at radius 1 is 1.17 bits per heavy atom. The summed E-state index contributed by atoms with van der Waals surface area (Å²) in [7, 11) is 0. The number of benzene rings is 2. The maximum atomic E-state index is 13.4. The quantitative estimate of drug-likeness (QED) is 0.711. The van der Waals surface area contributed by atoms with Crippen LogP contribution in [0.15, 0.2) is 60.8 Å². The van der Waals surface area contributed by atoms with E-state index in [2.05, 4.69) is 12.2 Å². The minimum atomic E-state index is -0.293. The molecular weight excluding hydrogens is 391 g/mol. The zero-order chi connectivity index (χ0) is 19.5. The van der Waals surface area contributed by atoms with Crippen molar-refractivity contribution in [1.29, 1.82) is 0 Å². The lowest BCUT2D eigenvalue weighted by atomic mass is 10.0. The van der Waals surface area contributed by atoms with E-state index in [0.717, 1.165) is 29.9 Å². The van der Waals surface area contributed by atoms with Gasteiger partial charge in [-0.15, -0.1) is 12.4 Å². The predicted molar refractivity (Wildman–Crippen MR) is 114 cm³/mol. The molecular formula is C22H24ClFN4O. The molecule has 1 saturated heterocycles. The van der Waals surface area contributed by atoms with Crippen molar-refractivity contribution < 1.29 is 9.18 Å². The Balaban J connectivity index is 0.00000240. The van der Waals surface area contributed by atoms with Crippen LogP contribution in [0.4, 0.5) is 4.39 Å².